The summed E-state index contributed by atoms with van der Waals surface area (Å²) in [6.45, 7) is 3.01. The number of benzene rings is 1. The average molecular weight is 272 g/mol. The van der Waals surface area contributed by atoms with E-state index in [0.717, 1.165) is 11.8 Å². The zero-order chi connectivity index (χ0) is 13.7. The van der Waals surface area contributed by atoms with Gasteiger partial charge in [0.15, 0.2) is 5.12 Å². The van der Waals surface area contributed by atoms with E-state index in [1.807, 2.05) is 0 Å². The van der Waals surface area contributed by atoms with Crippen molar-refractivity contribution in [2.45, 2.75) is 32.5 Å². The zero-order valence-corrected chi connectivity index (χ0v) is 11.2. The van der Waals surface area contributed by atoms with Crippen molar-refractivity contribution in [3.63, 3.8) is 0 Å². The predicted octanol–water partition coefficient (Wildman–Crippen LogP) is 2.20. The molecule has 3 nitrogen and oxygen atoms in total. The van der Waals surface area contributed by atoms with Gasteiger partial charge in [-0.1, -0.05) is 23.9 Å². The molecule has 2 unspecified atom stereocenters. The molecular weight excluding hydrogens is 255 g/mol. The highest BCUT2D eigenvalue weighted by atomic mass is 32.2. The lowest BCUT2D eigenvalue weighted by atomic mass is 9.98. The Morgan fingerprint density at radius 3 is 2.72 bits per heavy atom. The lowest BCUT2D eigenvalue weighted by Crippen LogP contribution is -2.20. The molecule has 0 radical (unpaired) electrons. The molecular formula is C13H17FO3S. The minimum atomic E-state index is -1.13. The minimum absolute atomic E-state index is 0.0291. The first-order valence-corrected chi connectivity index (χ1v) is 6.66. The van der Waals surface area contributed by atoms with Gasteiger partial charge in [0.25, 0.3) is 0 Å². The van der Waals surface area contributed by atoms with Gasteiger partial charge in [-0.3, -0.25) is 4.79 Å². The van der Waals surface area contributed by atoms with E-state index in [1.54, 1.807) is 13.0 Å². The van der Waals surface area contributed by atoms with Crippen LogP contribution in [0.5, 0.6) is 0 Å². The van der Waals surface area contributed by atoms with Crippen LogP contribution < -0.4 is 0 Å². The SMILES string of the molecule is CC(=O)SCCC(O)C(O)c1cccc(F)c1C. The van der Waals surface area contributed by atoms with E-state index in [9.17, 15) is 19.4 Å². The van der Waals surface area contributed by atoms with Gasteiger partial charge < -0.3 is 10.2 Å². The summed E-state index contributed by atoms with van der Waals surface area (Å²) in [5.74, 6) is 0.0268. The summed E-state index contributed by atoms with van der Waals surface area (Å²) in [4.78, 5) is 10.7. The number of hydrogen-bond acceptors (Lipinski definition) is 4. The smallest absolute Gasteiger partial charge is 0.185 e. The first kappa shape index (κ1) is 15.1. The lowest BCUT2D eigenvalue weighted by molar-refractivity contribution is -0.109. The molecule has 2 N–H and O–H groups in total. The summed E-state index contributed by atoms with van der Waals surface area (Å²) in [5.41, 5.74) is 0.721. The van der Waals surface area contributed by atoms with Crippen LogP contribution in [0.4, 0.5) is 4.39 Å². The predicted molar refractivity (Wildman–Crippen MR) is 69.9 cm³/mol. The summed E-state index contributed by atoms with van der Waals surface area (Å²) < 4.78 is 13.3. The molecule has 0 aliphatic carbocycles. The quantitative estimate of drug-likeness (QED) is 0.862. The average Bonchev–Trinajstić information content (AvgIpc) is 2.31. The number of carbonyl (C=O) groups excluding carboxylic acids is 1. The van der Waals surface area contributed by atoms with Gasteiger partial charge >= 0.3 is 0 Å². The molecule has 18 heavy (non-hydrogen) atoms. The molecule has 0 saturated heterocycles. The van der Waals surface area contributed by atoms with Crippen molar-refractivity contribution in [3.8, 4) is 0 Å². The van der Waals surface area contributed by atoms with E-state index < -0.39 is 18.0 Å². The first-order valence-electron chi connectivity index (χ1n) is 5.68. The highest BCUT2D eigenvalue weighted by Gasteiger charge is 2.21. The van der Waals surface area contributed by atoms with Gasteiger partial charge in [-0.15, -0.1) is 0 Å². The number of thioether (sulfide) groups is 1. The first-order chi connectivity index (χ1) is 8.43. The molecule has 0 heterocycles. The fourth-order valence-electron chi connectivity index (χ4n) is 1.63. The number of aliphatic hydroxyl groups is 2. The molecule has 1 aromatic carbocycles. The summed E-state index contributed by atoms with van der Waals surface area (Å²) in [5, 5.41) is 19.7. The minimum Gasteiger partial charge on any atom is -0.390 e. The van der Waals surface area contributed by atoms with Gasteiger partial charge in [-0.2, -0.15) is 0 Å². The third kappa shape index (κ3) is 4.08. The van der Waals surface area contributed by atoms with Crippen LogP contribution in [0, 0.1) is 12.7 Å². The summed E-state index contributed by atoms with van der Waals surface area (Å²) in [6, 6.07) is 4.39. The van der Waals surface area contributed by atoms with E-state index in [1.165, 1.54) is 19.1 Å². The Hall–Kier alpha value is -0.910. The summed E-state index contributed by atoms with van der Waals surface area (Å²) in [6.07, 6.45) is -1.85. The van der Waals surface area contributed by atoms with Gasteiger partial charge in [0, 0.05) is 12.7 Å². The van der Waals surface area contributed by atoms with Gasteiger partial charge in [0.05, 0.1) is 6.10 Å². The Balaban J connectivity index is 2.65. The van der Waals surface area contributed by atoms with Crippen molar-refractivity contribution in [3.05, 3.63) is 35.1 Å². The Morgan fingerprint density at radius 1 is 1.44 bits per heavy atom. The van der Waals surface area contributed by atoms with Crippen molar-refractivity contribution in [2.24, 2.45) is 0 Å². The Bertz CT molecular complexity index is 423. The summed E-state index contributed by atoms with van der Waals surface area (Å²) >= 11 is 1.10. The van der Waals surface area contributed by atoms with Crippen LogP contribution in [0.3, 0.4) is 0 Å². The highest BCUT2D eigenvalue weighted by molar-refractivity contribution is 8.13. The topological polar surface area (TPSA) is 57.5 Å². The molecule has 0 aliphatic heterocycles. The van der Waals surface area contributed by atoms with Crippen LogP contribution in [0.1, 0.15) is 30.6 Å². The maximum atomic E-state index is 13.3. The zero-order valence-electron chi connectivity index (χ0n) is 10.4. The van der Waals surface area contributed by atoms with Crippen molar-refractivity contribution in [1.82, 2.24) is 0 Å². The third-order valence-corrected chi connectivity index (χ3v) is 3.56. The Kier molecular flexibility index (Phi) is 5.78. The number of aliphatic hydroxyl groups excluding tert-OH is 2. The van der Waals surface area contributed by atoms with Gasteiger partial charge in [0.1, 0.15) is 11.9 Å². The Labute approximate surface area is 110 Å². The van der Waals surface area contributed by atoms with E-state index in [0.29, 0.717) is 16.9 Å². The molecule has 100 valence electrons. The molecule has 0 aliphatic rings. The monoisotopic (exact) mass is 272 g/mol. The van der Waals surface area contributed by atoms with Crippen molar-refractivity contribution in [1.29, 1.82) is 0 Å². The molecule has 0 saturated carbocycles. The maximum Gasteiger partial charge on any atom is 0.185 e. The Morgan fingerprint density at radius 2 is 2.11 bits per heavy atom. The fraction of sp³-hybridized carbons (Fsp3) is 0.462. The number of hydrogen-bond donors (Lipinski definition) is 2. The van der Waals surface area contributed by atoms with Crippen LogP contribution >= 0.6 is 11.8 Å². The van der Waals surface area contributed by atoms with Gasteiger partial charge in [0.2, 0.25) is 0 Å². The lowest BCUT2D eigenvalue weighted by Gasteiger charge is -2.19. The molecule has 1 rings (SSSR count). The molecule has 5 heteroatoms. The molecule has 2 atom stereocenters. The molecule has 0 spiro atoms. The normalized spacial score (nSPS) is 14.3. The van der Waals surface area contributed by atoms with Crippen molar-refractivity contribution >= 4 is 16.9 Å². The maximum absolute atomic E-state index is 13.3. The largest absolute Gasteiger partial charge is 0.390 e. The van der Waals surface area contributed by atoms with E-state index in [2.05, 4.69) is 0 Å². The second-order valence-electron chi connectivity index (χ2n) is 4.09. The van der Waals surface area contributed by atoms with Gasteiger partial charge in [-0.05, 0) is 30.5 Å². The summed E-state index contributed by atoms with van der Waals surface area (Å²) in [7, 11) is 0. The fourth-order valence-corrected chi connectivity index (χ4v) is 2.28. The second kappa shape index (κ2) is 6.87. The van der Waals surface area contributed by atoms with E-state index in [-0.39, 0.29) is 11.5 Å². The molecule has 0 fully saturated rings. The number of rotatable bonds is 5. The van der Waals surface area contributed by atoms with Crippen LogP contribution in [-0.2, 0) is 4.79 Å². The van der Waals surface area contributed by atoms with Crippen molar-refractivity contribution < 1.29 is 19.4 Å². The molecule has 1 aromatic rings. The van der Waals surface area contributed by atoms with E-state index in [4.69, 9.17) is 0 Å². The standard InChI is InChI=1S/C13H17FO3S/c1-8-10(4-3-5-11(8)14)13(17)12(16)6-7-18-9(2)15/h3-5,12-13,16-17H,6-7H2,1-2H3. The second-order valence-corrected chi connectivity index (χ2v) is 5.37. The third-order valence-electron chi connectivity index (χ3n) is 2.71. The molecule has 0 bridgehead atoms. The van der Waals surface area contributed by atoms with E-state index >= 15 is 0 Å². The van der Waals surface area contributed by atoms with Crippen LogP contribution in [0.25, 0.3) is 0 Å². The molecule has 0 aromatic heterocycles. The van der Waals surface area contributed by atoms with Gasteiger partial charge in [-0.25, -0.2) is 4.39 Å². The van der Waals surface area contributed by atoms with Crippen LogP contribution in [0.2, 0.25) is 0 Å². The highest BCUT2D eigenvalue weighted by Crippen LogP contribution is 2.24. The number of carbonyl (C=O) groups is 1. The van der Waals surface area contributed by atoms with Crippen molar-refractivity contribution in [2.75, 3.05) is 5.75 Å². The van der Waals surface area contributed by atoms with Crippen LogP contribution in [0.15, 0.2) is 18.2 Å². The van der Waals surface area contributed by atoms with Crippen LogP contribution in [-0.4, -0.2) is 27.2 Å². The number of halogens is 1. The molecule has 0 amide bonds.